The van der Waals surface area contributed by atoms with Crippen LogP contribution in [0.1, 0.15) is 25.1 Å². The van der Waals surface area contributed by atoms with E-state index in [2.05, 4.69) is 10.3 Å². The molecule has 0 fully saturated rings. The highest BCUT2D eigenvalue weighted by atomic mass is 16.4. The molecule has 1 aromatic rings. The Balaban J connectivity index is 2.36. The average molecular weight is 194 g/mol. The van der Waals surface area contributed by atoms with Gasteiger partial charge in [-0.2, -0.15) is 0 Å². The van der Waals surface area contributed by atoms with Gasteiger partial charge in [-0.25, -0.2) is 0 Å². The lowest BCUT2D eigenvalue weighted by Crippen LogP contribution is -2.22. The summed E-state index contributed by atoms with van der Waals surface area (Å²) in [6.07, 6.45) is 1.86. The van der Waals surface area contributed by atoms with E-state index in [0.29, 0.717) is 6.54 Å². The Morgan fingerprint density at radius 1 is 1.64 bits per heavy atom. The molecular weight excluding hydrogens is 180 g/mol. The van der Waals surface area contributed by atoms with Crippen molar-refractivity contribution in [3.8, 4) is 0 Å². The van der Waals surface area contributed by atoms with Crippen LogP contribution < -0.4 is 5.32 Å². The summed E-state index contributed by atoms with van der Waals surface area (Å²) in [5, 5.41) is 11.5. The molecule has 0 bridgehead atoms. The predicted molar refractivity (Wildman–Crippen MR) is 52.9 cm³/mol. The molecule has 1 heterocycles. The third-order valence-corrected chi connectivity index (χ3v) is 1.92. The minimum Gasteiger partial charge on any atom is -0.481 e. The molecule has 14 heavy (non-hydrogen) atoms. The highest BCUT2D eigenvalue weighted by Gasteiger charge is 2.05. The molecule has 1 rings (SSSR count). The number of carboxylic acids is 1. The van der Waals surface area contributed by atoms with E-state index in [1.54, 1.807) is 6.20 Å². The molecule has 76 valence electrons. The molecule has 0 spiro atoms. The molecular formula is C10H14N2O2. The van der Waals surface area contributed by atoms with Gasteiger partial charge in [0.2, 0.25) is 0 Å². The molecule has 1 aromatic heterocycles. The molecule has 2 N–H and O–H groups in total. The molecule has 4 nitrogen and oxygen atoms in total. The summed E-state index contributed by atoms with van der Waals surface area (Å²) in [4.78, 5) is 14.4. The molecule has 1 atom stereocenters. The van der Waals surface area contributed by atoms with Crippen LogP contribution in [-0.4, -0.2) is 22.6 Å². The summed E-state index contributed by atoms with van der Waals surface area (Å²) >= 11 is 0. The summed E-state index contributed by atoms with van der Waals surface area (Å²) in [7, 11) is 0. The van der Waals surface area contributed by atoms with Gasteiger partial charge in [-0.3, -0.25) is 9.78 Å². The summed E-state index contributed by atoms with van der Waals surface area (Å²) in [6.45, 7) is 2.43. The van der Waals surface area contributed by atoms with Crippen LogP contribution >= 0.6 is 0 Å². The van der Waals surface area contributed by atoms with E-state index in [9.17, 15) is 4.79 Å². The largest absolute Gasteiger partial charge is 0.481 e. The van der Waals surface area contributed by atoms with Crippen LogP contribution in [0.15, 0.2) is 24.4 Å². The summed E-state index contributed by atoms with van der Waals surface area (Å²) in [5.41, 5.74) is 0.929. The van der Waals surface area contributed by atoms with Crippen molar-refractivity contribution in [1.29, 1.82) is 0 Å². The van der Waals surface area contributed by atoms with E-state index in [1.165, 1.54) is 0 Å². The molecule has 0 aromatic carbocycles. The first-order valence-electron chi connectivity index (χ1n) is 4.56. The number of aromatic nitrogens is 1. The zero-order valence-corrected chi connectivity index (χ0v) is 8.10. The SMILES string of the molecule is CC(NCCC(=O)O)c1ccccn1. The molecule has 0 radical (unpaired) electrons. The second-order valence-corrected chi connectivity index (χ2v) is 3.07. The summed E-state index contributed by atoms with van der Waals surface area (Å²) < 4.78 is 0. The first-order chi connectivity index (χ1) is 6.70. The predicted octanol–water partition coefficient (Wildman–Crippen LogP) is 1.21. The van der Waals surface area contributed by atoms with Crippen molar-refractivity contribution in [3.63, 3.8) is 0 Å². The Bertz CT molecular complexity index is 287. The Kier molecular flexibility index (Phi) is 4.07. The summed E-state index contributed by atoms with van der Waals surface area (Å²) in [6, 6.07) is 5.78. The maximum atomic E-state index is 10.3. The van der Waals surface area contributed by atoms with Gasteiger partial charge in [0.05, 0.1) is 12.1 Å². The lowest BCUT2D eigenvalue weighted by Gasteiger charge is -2.11. The molecule has 1 unspecified atom stereocenters. The maximum absolute atomic E-state index is 10.3. The average Bonchev–Trinajstić information content (AvgIpc) is 2.18. The van der Waals surface area contributed by atoms with Gasteiger partial charge in [-0.15, -0.1) is 0 Å². The van der Waals surface area contributed by atoms with Gasteiger partial charge in [0.1, 0.15) is 0 Å². The Morgan fingerprint density at radius 3 is 3.00 bits per heavy atom. The van der Waals surface area contributed by atoms with E-state index in [0.717, 1.165) is 5.69 Å². The minimum atomic E-state index is -0.786. The van der Waals surface area contributed by atoms with Gasteiger partial charge in [-0.1, -0.05) is 6.07 Å². The smallest absolute Gasteiger partial charge is 0.304 e. The van der Waals surface area contributed by atoms with Crippen molar-refractivity contribution < 1.29 is 9.90 Å². The normalized spacial score (nSPS) is 12.4. The molecule has 0 saturated carbocycles. The first kappa shape index (κ1) is 10.7. The summed E-state index contributed by atoms with van der Waals surface area (Å²) in [5.74, 6) is -0.786. The Labute approximate surface area is 83.0 Å². The van der Waals surface area contributed by atoms with E-state index in [1.807, 2.05) is 25.1 Å². The molecule has 0 amide bonds. The van der Waals surface area contributed by atoms with E-state index in [4.69, 9.17) is 5.11 Å². The van der Waals surface area contributed by atoms with Crippen molar-refractivity contribution >= 4 is 5.97 Å². The van der Waals surface area contributed by atoms with Crippen LogP contribution in [0.5, 0.6) is 0 Å². The fourth-order valence-corrected chi connectivity index (χ4v) is 1.13. The minimum absolute atomic E-state index is 0.0931. The quantitative estimate of drug-likeness (QED) is 0.739. The third-order valence-electron chi connectivity index (χ3n) is 1.92. The lowest BCUT2D eigenvalue weighted by atomic mass is 10.2. The van der Waals surface area contributed by atoms with Gasteiger partial charge in [0.15, 0.2) is 0 Å². The number of pyridine rings is 1. The number of nitrogens with one attached hydrogen (secondary N) is 1. The number of carboxylic acid groups (broad SMARTS) is 1. The van der Waals surface area contributed by atoms with Crippen molar-refractivity contribution in [1.82, 2.24) is 10.3 Å². The van der Waals surface area contributed by atoms with Gasteiger partial charge < -0.3 is 10.4 Å². The fourth-order valence-electron chi connectivity index (χ4n) is 1.13. The number of rotatable bonds is 5. The van der Waals surface area contributed by atoms with Crippen LogP contribution in [0.3, 0.4) is 0 Å². The monoisotopic (exact) mass is 194 g/mol. The Hall–Kier alpha value is -1.42. The maximum Gasteiger partial charge on any atom is 0.304 e. The van der Waals surface area contributed by atoms with Crippen molar-refractivity contribution in [2.24, 2.45) is 0 Å². The third kappa shape index (κ3) is 3.53. The number of carbonyl (C=O) groups is 1. The zero-order valence-electron chi connectivity index (χ0n) is 8.10. The van der Waals surface area contributed by atoms with Gasteiger partial charge in [0.25, 0.3) is 0 Å². The van der Waals surface area contributed by atoms with E-state index in [-0.39, 0.29) is 12.5 Å². The van der Waals surface area contributed by atoms with Crippen LogP contribution in [0.25, 0.3) is 0 Å². The number of hydrogen-bond donors (Lipinski definition) is 2. The molecule has 0 aliphatic rings. The number of aliphatic carboxylic acids is 1. The van der Waals surface area contributed by atoms with Gasteiger partial charge in [0, 0.05) is 18.8 Å². The topological polar surface area (TPSA) is 62.2 Å². The van der Waals surface area contributed by atoms with E-state index < -0.39 is 5.97 Å². The first-order valence-corrected chi connectivity index (χ1v) is 4.56. The van der Waals surface area contributed by atoms with Gasteiger partial charge >= 0.3 is 5.97 Å². The second-order valence-electron chi connectivity index (χ2n) is 3.07. The van der Waals surface area contributed by atoms with Crippen LogP contribution in [0, 0.1) is 0 Å². The zero-order chi connectivity index (χ0) is 10.4. The molecule has 0 aliphatic heterocycles. The second kappa shape index (κ2) is 5.34. The van der Waals surface area contributed by atoms with Crippen LogP contribution in [-0.2, 0) is 4.79 Å². The van der Waals surface area contributed by atoms with Crippen LogP contribution in [0.2, 0.25) is 0 Å². The van der Waals surface area contributed by atoms with Crippen molar-refractivity contribution in [2.45, 2.75) is 19.4 Å². The van der Waals surface area contributed by atoms with Crippen LogP contribution in [0.4, 0.5) is 0 Å². The fraction of sp³-hybridized carbons (Fsp3) is 0.400. The molecule has 0 aliphatic carbocycles. The standard InChI is InChI=1S/C10H14N2O2/c1-8(11-7-5-10(13)14)9-4-2-3-6-12-9/h2-4,6,8,11H,5,7H2,1H3,(H,13,14). The highest BCUT2D eigenvalue weighted by Crippen LogP contribution is 2.06. The molecule has 4 heteroatoms. The van der Waals surface area contributed by atoms with E-state index >= 15 is 0 Å². The Morgan fingerprint density at radius 2 is 2.43 bits per heavy atom. The number of hydrogen-bond acceptors (Lipinski definition) is 3. The number of nitrogens with zero attached hydrogens (tertiary/aromatic N) is 1. The highest BCUT2D eigenvalue weighted by molar-refractivity contribution is 5.66. The van der Waals surface area contributed by atoms with Crippen molar-refractivity contribution in [2.75, 3.05) is 6.54 Å². The van der Waals surface area contributed by atoms with Gasteiger partial charge in [-0.05, 0) is 19.1 Å². The lowest BCUT2D eigenvalue weighted by molar-refractivity contribution is -0.136. The van der Waals surface area contributed by atoms with Crippen molar-refractivity contribution in [3.05, 3.63) is 30.1 Å². The molecule has 0 saturated heterocycles.